The van der Waals surface area contributed by atoms with Crippen molar-refractivity contribution in [3.05, 3.63) is 32.8 Å². The first-order chi connectivity index (χ1) is 7.54. The summed E-state index contributed by atoms with van der Waals surface area (Å²) in [5.74, 6) is -0.225. The number of amides is 1. The smallest absolute Gasteiger partial charge is 0.270 e. The molecule has 0 aliphatic heterocycles. The predicted octanol–water partition coefficient (Wildman–Crippen LogP) is 1.64. The Morgan fingerprint density at radius 1 is 1.56 bits per heavy atom. The van der Waals surface area contributed by atoms with E-state index in [1.165, 1.54) is 18.2 Å². The lowest BCUT2D eigenvalue weighted by Crippen LogP contribution is -2.16. The van der Waals surface area contributed by atoms with Gasteiger partial charge in [-0.25, -0.2) is 0 Å². The first-order valence-corrected chi connectivity index (χ1v) is 5.27. The van der Waals surface area contributed by atoms with Crippen LogP contribution in [0.15, 0.2) is 22.7 Å². The molecule has 0 spiro atoms. The van der Waals surface area contributed by atoms with Crippen LogP contribution < -0.4 is 11.1 Å². The topological polar surface area (TPSA) is 98.3 Å². The van der Waals surface area contributed by atoms with E-state index in [0.717, 1.165) is 0 Å². The Balaban J connectivity index is 2.83. The third-order valence-corrected chi connectivity index (χ3v) is 2.47. The fourth-order valence-corrected chi connectivity index (χ4v) is 1.53. The summed E-state index contributed by atoms with van der Waals surface area (Å²) in [6.45, 7) is 0.260. The second kappa shape index (κ2) is 5.57. The highest BCUT2D eigenvalue weighted by atomic mass is 79.9. The second-order valence-corrected chi connectivity index (χ2v) is 3.86. The van der Waals surface area contributed by atoms with Gasteiger partial charge >= 0.3 is 0 Å². The van der Waals surface area contributed by atoms with Gasteiger partial charge < -0.3 is 11.1 Å². The van der Waals surface area contributed by atoms with Crippen molar-refractivity contribution in [1.29, 1.82) is 0 Å². The predicted molar refractivity (Wildman–Crippen MR) is 63.1 cm³/mol. The molecule has 3 N–H and O–H groups in total. The maximum atomic E-state index is 11.2. The zero-order valence-corrected chi connectivity index (χ0v) is 9.86. The lowest BCUT2D eigenvalue weighted by atomic mass is 10.2. The van der Waals surface area contributed by atoms with Crippen LogP contribution in [-0.2, 0) is 4.79 Å². The number of nitrogens with two attached hydrogens (primary N) is 1. The molecule has 0 heterocycles. The number of benzene rings is 1. The number of non-ortho nitro benzene ring substituents is 1. The quantitative estimate of drug-likeness (QED) is 0.650. The molecule has 1 rings (SSSR count). The summed E-state index contributed by atoms with van der Waals surface area (Å²) in [6, 6.07) is 4.12. The minimum atomic E-state index is -0.504. The minimum absolute atomic E-state index is 0.0382. The van der Waals surface area contributed by atoms with Gasteiger partial charge in [0, 0.05) is 29.6 Å². The van der Waals surface area contributed by atoms with E-state index in [1.807, 2.05) is 0 Å². The molecule has 0 saturated heterocycles. The normalized spacial score (nSPS) is 9.88. The highest BCUT2D eigenvalue weighted by Gasteiger charge is 2.10. The number of carbonyl (C=O) groups is 1. The molecule has 0 radical (unpaired) electrons. The molecule has 0 aromatic heterocycles. The van der Waals surface area contributed by atoms with E-state index in [1.54, 1.807) is 0 Å². The number of nitro groups is 1. The molecule has 0 unspecified atom stereocenters. The van der Waals surface area contributed by atoms with E-state index in [9.17, 15) is 14.9 Å². The first kappa shape index (κ1) is 12.6. The second-order valence-electron chi connectivity index (χ2n) is 3.01. The molecule has 0 atom stereocenters. The Kier molecular flexibility index (Phi) is 4.39. The minimum Gasteiger partial charge on any atom is -0.330 e. The molecule has 0 aliphatic carbocycles. The molecule has 1 amide bonds. The number of nitrogens with zero attached hydrogens (tertiary/aromatic N) is 1. The van der Waals surface area contributed by atoms with E-state index in [0.29, 0.717) is 10.2 Å². The van der Waals surface area contributed by atoms with Crippen LogP contribution in [0.5, 0.6) is 0 Å². The molecule has 0 bridgehead atoms. The zero-order valence-electron chi connectivity index (χ0n) is 8.27. The molecular weight excluding hydrogens is 278 g/mol. The summed E-state index contributed by atoms with van der Waals surface area (Å²) in [5.41, 5.74) is 5.67. The zero-order chi connectivity index (χ0) is 12.1. The number of nitrogens with one attached hydrogen (secondary N) is 1. The van der Waals surface area contributed by atoms with E-state index >= 15 is 0 Å². The van der Waals surface area contributed by atoms with Gasteiger partial charge in [-0.2, -0.15) is 0 Å². The fourth-order valence-electron chi connectivity index (χ4n) is 1.06. The number of hydrogen-bond acceptors (Lipinski definition) is 4. The van der Waals surface area contributed by atoms with E-state index in [4.69, 9.17) is 5.73 Å². The summed E-state index contributed by atoms with van der Waals surface area (Å²) in [4.78, 5) is 21.2. The van der Waals surface area contributed by atoms with Crippen molar-refractivity contribution in [3.8, 4) is 0 Å². The van der Waals surface area contributed by atoms with Crippen LogP contribution in [0.4, 0.5) is 11.4 Å². The Morgan fingerprint density at radius 2 is 2.25 bits per heavy atom. The third kappa shape index (κ3) is 3.28. The lowest BCUT2D eigenvalue weighted by Gasteiger charge is -2.06. The Bertz CT molecular complexity index is 422. The van der Waals surface area contributed by atoms with Crippen LogP contribution in [0.25, 0.3) is 0 Å². The molecule has 0 saturated carbocycles. The third-order valence-electron chi connectivity index (χ3n) is 1.81. The van der Waals surface area contributed by atoms with Gasteiger partial charge in [0.25, 0.3) is 5.69 Å². The van der Waals surface area contributed by atoms with Gasteiger partial charge in [0.05, 0.1) is 10.6 Å². The van der Waals surface area contributed by atoms with Gasteiger partial charge in [0.2, 0.25) is 5.91 Å². The van der Waals surface area contributed by atoms with Crippen LogP contribution >= 0.6 is 15.9 Å². The van der Waals surface area contributed by atoms with Crippen molar-refractivity contribution < 1.29 is 9.72 Å². The van der Waals surface area contributed by atoms with E-state index in [2.05, 4.69) is 21.2 Å². The van der Waals surface area contributed by atoms with Gasteiger partial charge in [-0.15, -0.1) is 0 Å². The van der Waals surface area contributed by atoms with Crippen molar-refractivity contribution in [2.45, 2.75) is 6.42 Å². The van der Waals surface area contributed by atoms with Crippen molar-refractivity contribution in [1.82, 2.24) is 0 Å². The van der Waals surface area contributed by atoms with Crippen molar-refractivity contribution in [2.75, 3.05) is 11.9 Å². The first-order valence-electron chi connectivity index (χ1n) is 4.48. The van der Waals surface area contributed by atoms with E-state index < -0.39 is 4.92 Å². The summed E-state index contributed by atoms with van der Waals surface area (Å²) in [6.07, 6.45) is 0.212. The average Bonchev–Trinajstić information content (AvgIpc) is 2.21. The molecule has 0 aliphatic rings. The van der Waals surface area contributed by atoms with Crippen LogP contribution in [-0.4, -0.2) is 17.4 Å². The summed E-state index contributed by atoms with van der Waals surface area (Å²) >= 11 is 3.14. The number of rotatable bonds is 4. The molecule has 1 aromatic carbocycles. The largest absolute Gasteiger partial charge is 0.330 e. The molecule has 1 aromatic rings. The van der Waals surface area contributed by atoms with Gasteiger partial charge in [-0.1, -0.05) is 0 Å². The maximum Gasteiger partial charge on any atom is 0.270 e. The SMILES string of the molecule is NCCC(=O)Nc1ccc([N+](=O)[O-])cc1Br. The molecule has 6 nitrogen and oxygen atoms in total. The van der Waals surface area contributed by atoms with Gasteiger partial charge in [0.15, 0.2) is 0 Å². The van der Waals surface area contributed by atoms with Crippen molar-refractivity contribution in [3.63, 3.8) is 0 Å². The highest BCUT2D eigenvalue weighted by Crippen LogP contribution is 2.27. The fraction of sp³-hybridized carbons (Fsp3) is 0.222. The van der Waals surface area contributed by atoms with Gasteiger partial charge in [-0.05, 0) is 22.0 Å². The molecule has 86 valence electrons. The Hall–Kier alpha value is -1.47. The van der Waals surface area contributed by atoms with E-state index in [-0.39, 0.29) is 24.6 Å². The van der Waals surface area contributed by atoms with Gasteiger partial charge in [-0.3, -0.25) is 14.9 Å². The van der Waals surface area contributed by atoms with Crippen molar-refractivity contribution >= 4 is 33.2 Å². The number of anilines is 1. The molecule has 16 heavy (non-hydrogen) atoms. The van der Waals surface area contributed by atoms with Crippen LogP contribution in [0.2, 0.25) is 0 Å². The Labute approximate surface area is 100 Å². The number of nitro benzene ring substituents is 1. The average molecular weight is 288 g/mol. The van der Waals surface area contributed by atoms with Crippen LogP contribution in [0.3, 0.4) is 0 Å². The standard InChI is InChI=1S/C9H10BrN3O3/c10-7-5-6(13(15)16)1-2-8(7)12-9(14)3-4-11/h1-2,5H,3-4,11H2,(H,12,14). The number of hydrogen-bond donors (Lipinski definition) is 2. The lowest BCUT2D eigenvalue weighted by molar-refractivity contribution is -0.384. The molecule has 0 fully saturated rings. The maximum absolute atomic E-state index is 11.2. The number of carbonyl (C=O) groups excluding carboxylic acids is 1. The van der Waals surface area contributed by atoms with Crippen molar-refractivity contribution in [2.24, 2.45) is 5.73 Å². The summed E-state index contributed by atoms with van der Waals surface area (Å²) in [7, 11) is 0. The summed E-state index contributed by atoms with van der Waals surface area (Å²) in [5, 5.41) is 13.1. The summed E-state index contributed by atoms with van der Waals surface area (Å²) < 4.78 is 0.465. The molecular formula is C9H10BrN3O3. The molecule has 7 heteroatoms. The highest BCUT2D eigenvalue weighted by molar-refractivity contribution is 9.10. The Morgan fingerprint density at radius 3 is 2.75 bits per heavy atom. The van der Waals surface area contributed by atoms with Crippen LogP contribution in [0.1, 0.15) is 6.42 Å². The van der Waals surface area contributed by atoms with Crippen LogP contribution in [0, 0.1) is 10.1 Å². The number of halogens is 1. The monoisotopic (exact) mass is 287 g/mol. The van der Waals surface area contributed by atoms with Gasteiger partial charge in [0.1, 0.15) is 0 Å².